The summed E-state index contributed by atoms with van der Waals surface area (Å²) >= 11 is 1.12. The molecule has 3 rings (SSSR count). The van der Waals surface area contributed by atoms with Crippen LogP contribution in [0.5, 0.6) is 0 Å². The molecule has 10 nitrogen and oxygen atoms in total. The van der Waals surface area contributed by atoms with Gasteiger partial charge >= 0.3 is 0 Å². The molecule has 0 fully saturated rings. The Kier molecular flexibility index (Phi) is 11.4. The SMILES string of the molecule is CCc1c(C#N)c(SC(C(N)=O)c2ccccc2)nc(N(C)CCNCc2ccc(/C=C/C(=O)NO)cc2)c1C#N. The van der Waals surface area contributed by atoms with Gasteiger partial charge in [-0.15, -0.1) is 0 Å². The summed E-state index contributed by atoms with van der Waals surface area (Å²) in [6, 6.07) is 21.1. The topological polar surface area (TPSA) is 168 Å². The zero-order valence-corrected chi connectivity index (χ0v) is 23.6. The fourth-order valence-electron chi connectivity index (χ4n) is 4.12. The Morgan fingerprint density at radius 3 is 2.39 bits per heavy atom. The van der Waals surface area contributed by atoms with E-state index in [-0.39, 0.29) is 5.56 Å². The maximum atomic E-state index is 12.4. The highest BCUT2D eigenvalue weighted by Crippen LogP contribution is 2.39. The molecular formula is C30H31N7O3S. The molecule has 1 unspecified atom stereocenters. The molecule has 0 radical (unpaired) electrons. The number of thioether (sulfide) groups is 1. The molecule has 0 bridgehead atoms. The molecule has 210 valence electrons. The largest absolute Gasteiger partial charge is 0.368 e. The molecule has 41 heavy (non-hydrogen) atoms. The highest BCUT2D eigenvalue weighted by molar-refractivity contribution is 8.00. The van der Waals surface area contributed by atoms with Crippen molar-refractivity contribution in [1.82, 2.24) is 15.8 Å². The lowest BCUT2D eigenvalue weighted by Crippen LogP contribution is -2.30. The maximum absolute atomic E-state index is 12.4. The van der Waals surface area contributed by atoms with Crippen molar-refractivity contribution in [3.8, 4) is 12.1 Å². The number of amides is 2. The third-order valence-electron chi connectivity index (χ3n) is 6.25. The zero-order chi connectivity index (χ0) is 29.8. The first-order chi connectivity index (χ1) is 19.8. The van der Waals surface area contributed by atoms with Crippen LogP contribution in [-0.2, 0) is 22.6 Å². The van der Waals surface area contributed by atoms with E-state index in [1.165, 1.54) is 6.08 Å². The summed E-state index contributed by atoms with van der Waals surface area (Å²) in [5.74, 6) is -0.711. The summed E-state index contributed by atoms with van der Waals surface area (Å²) in [6.45, 7) is 3.58. The van der Waals surface area contributed by atoms with Crippen molar-refractivity contribution in [2.75, 3.05) is 25.0 Å². The van der Waals surface area contributed by atoms with Crippen LogP contribution in [0.25, 0.3) is 6.08 Å². The summed E-state index contributed by atoms with van der Waals surface area (Å²) in [5, 5.41) is 31.5. The standard InChI is InChI=1S/C30H31N7O3S/c1-3-23-24(17-31)29(35-30(25(23)18-32)41-27(28(33)39)22-7-5-4-6-8-22)37(2)16-15-34-19-21-11-9-20(10-12-21)13-14-26(38)36-40/h4-14,27,34,40H,3,15-16,19H2,1-2H3,(H2,33,39)(H,36,38)/b14-13+. The number of nitrogens with zero attached hydrogens (tertiary/aromatic N) is 4. The van der Waals surface area contributed by atoms with Gasteiger partial charge in [0.25, 0.3) is 5.91 Å². The van der Waals surface area contributed by atoms with Crippen molar-refractivity contribution in [1.29, 1.82) is 10.5 Å². The number of carbonyl (C=O) groups excluding carboxylic acids is 2. The van der Waals surface area contributed by atoms with Gasteiger partial charge in [0.2, 0.25) is 5.91 Å². The van der Waals surface area contributed by atoms with Crippen molar-refractivity contribution in [2.45, 2.75) is 30.2 Å². The number of likely N-dealkylation sites (N-methyl/N-ethyl adjacent to an activating group) is 1. The number of primary amides is 1. The smallest absolute Gasteiger partial charge is 0.267 e. The summed E-state index contributed by atoms with van der Waals surface area (Å²) in [5.41, 5.74) is 11.0. The Morgan fingerprint density at radius 1 is 1.12 bits per heavy atom. The molecule has 0 aliphatic heterocycles. The van der Waals surface area contributed by atoms with Crippen LogP contribution in [0.4, 0.5) is 5.82 Å². The van der Waals surface area contributed by atoms with E-state index in [4.69, 9.17) is 15.9 Å². The molecular weight excluding hydrogens is 538 g/mol. The molecule has 2 amide bonds. The quantitative estimate of drug-likeness (QED) is 0.0792. The first-order valence-corrected chi connectivity index (χ1v) is 13.7. The number of nitrogens with two attached hydrogens (primary N) is 1. The van der Waals surface area contributed by atoms with Gasteiger partial charge in [-0.2, -0.15) is 10.5 Å². The molecule has 0 saturated carbocycles. The predicted molar refractivity (Wildman–Crippen MR) is 158 cm³/mol. The van der Waals surface area contributed by atoms with Gasteiger partial charge < -0.3 is 16.0 Å². The van der Waals surface area contributed by atoms with Crippen LogP contribution in [0.2, 0.25) is 0 Å². The van der Waals surface area contributed by atoms with Crippen molar-refractivity contribution < 1.29 is 14.8 Å². The van der Waals surface area contributed by atoms with E-state index in [1.807, 2.05) is 61.3 Å². The fraction of sp³-hybridized carbons (Fsp3) is 0.233. The minimum Gasteiger partial charge on any atom is -0.368 e. The molecule has 0 aliphatic rings. The number of rotatable bonds is 13. The van der Waals surface area contributed by atoms with E-state index in [1.54, 1.807) is 23.7 Å². The lowest BCUT2D eigenvalue weighted by molar-refractivity contribution is -0.124. The van der Waals surface area contributed by atoms with Gasteiger partial charge in [0.1, 0.15) is 28.2 Å². The molecule has 0 spiro atoms. The van der Waals surface area contributed by atoms with E-state index in [9.17, 15) is 20.1 Å². The molecule has 11 heteroatoms. The van der Waals surface area contributed by atoms with Crippen LogP contribution >= 0.6 is 11.8 Å². The molecule has 5 N–H and O–H groups in total. The molecule has 1 aromatic heterocycles. The molecule has 3 aromatic rings. The molecule has 1 heterocycles. The van der Waals surface area contributed by atoms with Gasteiger partial charge in [0, 0.05) is 32.8 Å². The lowest BCUT2D eigenvalue weighted by atomic mass is 10.0. The molecule has 0 saturated heterocycles. The van der Waals surface area contributed by atoms with Crippen molar-refractivity contribution in [3.63, 3.8) is 0 Å². The van der Waals surface area contributed by atoms with Crippen LogP contribution in [-0.4, -0.2) is 42.1 Å². The number of anilines is 1. The third-order valence-corrected chi connectivity index (χ3v) is 7.51. The molecule has 0 aliphatic carbocycles. The summed E-state index contributed by atoms with van der Waals surface area (Å²) < 4.78 is 0. The Balaban J connectivity index is 1.76. The van der Waals surface area contributed by atoms with Gasteiger partial charge in [0.15, 0.2) is 0 Å². The Labute approximate surface area is 243 Å². The number of pyridine rings is 1. The van der Waals surface area contributed by atoms with E-state index in [0.29, 0.717) is 53.6 Å². The zero-order valence-electron chi connectivity index (χ0n) is 22.8. The summed E-state index contributed by atoms with van der Waals surface area (Å²) in [6.07, 6.45) is 3.28. The molecule has 1 atom stereocenters. The monoisotopic (exact) mass is 569 g/mol. The maximum Gasteiger partial charge on any atom is 0.267 e. The van der Waals surface area contributed by atoms with Crippen LogP contribution < -0.4 is 21.4 Å². The minimum absolute atomic E-state index is 0.279. The van der Waals surface area contributed by atoms with Crippen molar-refractivity contribution in [3.05, 3.63) is 94.1 Å². The predicted octanol–water partition coefficient (Wildman–Crippen LogP) is 3.45. The van der Waals surface area contributed by atoms with Crippen LogP contribution in [0.15, 0.2) is 65.7 Å². The normalized spacial score (nSPS) is 11.4. The third kappa shape index (κ3) is 8.16. The number of benzene rings is 2. The van der Waals surface area contributed by atoms with Crippen LogP contribution in [0.3, 0.4) is 0 Å². The van der Waals surface area contributed by atoms with E-state index in [2.05, 4.69) is 17.5 Å². The average Bonchev–Trinajstić information content (AvgIpc) is 3.00. The second-order valence-electron chi connectivity index (χ2n) is 9.01. The van der Waals surface area contributed by atoms with Crippen molar-refractivity contribution in [2.24, 2.45) is 5.73 Å². The first kappa shape index (κ1) is 30.9. The number of aromatic nitrogens is 1. The fourth-order valence-corrected chi connectivity index (χ4v) is 5.17. The van der Waals surface area contributed by atoms with E-state index < -0.39 is 17.1 Å². The van der Waals surface area contributed by atoms with Gasteiger partial charge in [-0.3, -0.25) is 14.8 Å². The first-order valence-electron chi connectivity index (χ1n) is 12.8. The van der Waals surface area contributed by atoms with Gasteiger partial charge in [-0.05, 0) is 34.8 Å². The van der Waals surface area contributed by atoms with Gasteiger partial charge in [-0.1, -0.05) is 73.3 Å². The average molecular weight is 570 g/mol. The highest BCUT2D eigenvalue weighted by atomic mass is 32.2. The Bertz CT molecular complexity index is 1480. The van der Waals surface area contributed by atoms with E-state index in [0.717, 1.165) is 22.9 Å². The Morgan fingerprint density at radius 2 is 1.80 bits per heavy atom. The second-order valence-corrected chi connectivity index (χ2v) is 10.1. The number of hydrogen-bond acceptors (Lipinski definition) is 9. The minimum atomic E-state index is -0.748. The Hall–Kier alpha value is -4.68. The van der Waals surface area contributed by atoms with Crippen molar-refractivity contribution >= 4 is 35.5 Å². The number of hydroxylamine groups is 1. The summed E-state index contributed by atoms with van der Waals surface area (Å²) in [4.78, 5) is 30.1. The number of nitrogens with one attached hydrogen (secondary N) is 2. The highest BCUT2D eigenvalue weighted by Gasteiger charge is 2.26. The van der Waals surface area contributed by atoms with Crippen LogP contribution in [0.1, 0.15) is 45.6 Å². The van der Waals surface area contributed by atoms with Gasteiger partial charge in [-0.25, -0.2) is 10.5 Å². The van der Waals surface area contributed by atoms with Gasteiger partial charge in [0.05, 0.1) is 11.1 Å². The van der Waals surface area contributed by atoms with Crippen LogP contribution in [0, 0.1) is 22.7 Å². The molecule has 2 aromatic carbocycles. The number of carbonyl (C=O) groups is 2. The number of hydrogen-bond donors (Lipinski definition) is 4. The second kappa shape index (κ2) is 15.2. The lowest BCUT2D eigenvalue weighted by Gasteiger charge is -2.23. The number of nitriles is 2. The summed E-state index contributed by atoms with van der Waals surface area (Å²) in [7, 11) is 1.83. The van der Waals surface area contributed by atoms with E-state index >= 15 is 0 Å².